The lowest BCUT2D eigenvalue weighted by molar-refractivity contribution is -0.145. The van der Waals surface area contributed by atoms with Gasteiger partial charge in [-0.25, -0.2) is 4.79 Å². The summed E-state index contributed by atoms with van der Waals surface area (Å²) in [7, 11) is 0. The number of aryl methyl sites for hydroxylation is 2. The fourth-order valence-electron chi connectivity index (χ4n) is 1.97. The summed E-state index contributed by atoms with van der Waals surface area (Å²) in [5, 5.41) is 9.35. The van der Waals surface area contributed by atoms with Crippen molar-refractivity contribution in [2.75, 3.05) is 0 Å². The summed E-state index contributed by atoms with van der Waals surface area (Å²) < 4.78 is 6.77. The molecule has 1 atom stereocenters. The maximum Gasteiger partial charge on any atom is 0.345 e. The average Bonchev–Trinajstić information content (AvgIpc) is 2.44. The Labute approximate surface area is 138 Å². The summed E-state index contributed by atoms with van der Waals surface area (Å²) in [5.41, 5.74) is 3.20. The van der Waals surface area contributed by atoms with Crippen molar-refractivity contribution in [3.05, 3.63) is 62.7 Å². The highest BCUT2D eigenvalue weighted by Crippen LogP contribution is 2.19. The summed E-state index contributed by atoms with van der Waals surface area (Å²) in [6.45, 7) is 4.00. The molecule has 0 aliphatic rings. The van der Waals surface area contributed by atoms with Crippen molar-refractivity contribution in [1.29, 1.82) is 0 Å². The van der Waals surface area contributed by atoms with Crippen LogP contribution in [-0.4, -0.2) is 17.2 Å². The third kappa shape index (κ3) is 4.46. The van der Waals surface area contributed by atoms with Crippen LogP contribution in [0.1, 0.15) is 16.7 Å². The Balaban J connectivity index is 2.13. The number of rotatable bonds is 5. The SMILES string of the molecule is Cc1ccc(OC(Cc2ccc(I)cc2)C(=O)O)cc1C. The van der Waals surface area contributed by atoms with Crippen molar-refractivity contribution in [2.45, 2.75) is 26.4 Å². The van der Waals surface area contributed by atoms with Crippen molar-refractivity contribution in [2.24, 2.45) is 0 Å². The van der Waals surface area contributed by atoms with Crippen LogP contribution < -0.4 is 4.74 Å². The first kappa shape index (κ1) is 15.8. The van der Waals surface area contributed by atoms with Crippen LogP contribution in [0.25, 0.3) is 0 Å². The second-order valence-electron chi connectivity index (χ2n) is 5.02. The minimum atomic E-state index is -0.952. The molecule has 0 saturated carbocycles. The highest BCUT2D eigenvalue weighted by atomic mass is 127. The van der Waals surface area contributed by atoms with Gasteiger partial charge in [0, 0.05) is 9.99 Å². The molecular weight excluding hydrogens is 379 g/mol. The number of benzene rings is 2. The first-order valence-corrected chi connectivity index (χ1v) is 7.75. The van der Waals surface area contributed by atoms with Gasteiger partial charge in [-0.3, -0.25) is 0 Å². The van der Waals surface area contributed by atoms with E-state index in [4.69, 9.17) is 4.74 Å². The summed E-state index contributed by atoms with van der Waals surface area (Å²) in [5.74, 6) is -0.359. The predicted molar refractivity (Wildman–Crippen MR) is 90.8 cm³/mol. The smallest absolute Gasteiger partial charge is 0.345 e. The van der Waals surface area contributed by atoms with Crippen LogP contribution in [0.3, 0.4) is 0 Å². The highest BCUT2D eigenvalue weighted by molar-refractivity contribution is 14.1. The van der Waals surface area contributed by atoms with Gasteiger partial charge in [-0.2, -0.15) is 0 Å². The van der Waals surface area contributed by atoms with Gasteiger partial charge in [0.2, 0.25) is 0 Å². The van der Waals surface area contributed by atoms with E-state index in [1.54, 1.807) is 0 Å². The Kier molecular flexibility index (Phi) is 5.22. The number of ether oxygens (including phenoxy) is 1. The molecule has 1 N–H and O–H groups in total. The van der Waals surface area contributed by atoms with Crippen molar-refractivity contribution in [3.8, 4) is 5.75 Å². The van der Waals surface area contributed by atoms with Crippen LogP contribution in [0.2, 0.25) is 0 Å². The molecule has 4 heteroatoms. The Hall–Kier alpha value is -1.56. The van der Waals surface area contributed by atoms with Crippen LogP contribution in [0, 0.1) is 17.4 Å². The normalized spacial score (nSPS) is 12.0. The molecule has 0 fully saturated rings. The van der Waals surface area contributed by atoms with Gasteiger partial charge < -0.3 is 9.84 Å². The Bertz CT molecular complexity index is 635. The molecule has 0 aliphatic heterocycles. The molecule has 0 aromatic heterocycles. The topological polar surface area (TPSA) is 46.5 Å². The second kappa shape index (κ2) is 6.93. The molecule has 0 radical (unpaired) electrons. The quantitative estimate of drug-likeness (QED) is 0.778. The van der Waals surface area contributed by atoms with E-state index in [1.165, 1.54) is 0 Å². The molecular formula is C17H17IO3. The van der Waals surface area contributed by atoms with Crippen LogP contribution in [0.15, 0.2) is 42.5 Å². The Morgan fingerprint density at radius 2 is 1.81 bits per heavy atom. The number of carboxylic acids is 1. The molecule has 0 saturated heterocycles. The van der Waals surface area contributed by atoms with Crippen molar-refractivity contribution in [1.82, 2.24) is 0 Å². The van der Waals surface area contributed by atoms with Crippen molar-refractivity contribution in [3.63, 3.8) is 0 Å². The van der Waals surface area contributed by atoms with Gasteiger partial charge in [-0.05, 0) is 77.4 Å². The zero-order chi connectivity index (χ0) is 15.4. The van der Waals surface area contributed by atoms with Crippen LogP contribution in [-0.2, 0) is 11.2 Å². The Morgan fingerprint density at radius 1 is 1.14 bits per heavy atom. The van der Waals surface area contributed by atoms with E-state index in [0.29, 0.717) is 12.2 Å². The maximum atomic E-state index is 11.4. The van der Waals surface area contributed by atoms with Gasteiger partial charge in [0.15, 0.2) is 6.10 Å². The largest absolute Gasteiger partial charge is 0.478 e. The molecule has 0 bridgehead atoms. The molecule has 0 heterocycles. The Morgan fingerprint density at radius 3 is 2.38 bits per heavy atom. The number of halogens is 1. The third-order valence-electron chi connectivity index (χ3n) is 3.37. The van der Waals surface area contributed by atoms with Gasteiger partial charge in [-0.15, -0.1) is 0 Å². The summed E-state index contributed by atoms with van der Waals surface area (Å²) in [4.78, 5) is 11.4. The van der Waals surface area contributed by atoms with Gasteiger partial charge in [0.05, 0.1) is 0 Å². The van der Waals surface area contributed by atoms with Crippen LogP contribution in [0.5, 0.6) is 5.75 Å². The minimum absolute atomic E-state index is 0.346. The predicted octanol–water partition coefficient (Wildman–Crippen LogP) is 3.98. The molecule has 2 rings (SSSR count). The molecule has 0 spiro atoms. The molecule has 1 unspecified atom stereocenters. The fourth-order valence-corrected chi connectivity index (χ4v) is 2.33. The standard InChI is InChI=1S/C17H17IO3/c1-11-3-8-15(9-12(11)2)21-16(17(19)20)10-13-4-6-14(18)7-5-13/h3-9,16H,10H2,1-2H3,(H,19,20). The van der Waals surface area contributed by atoms with Crippen LogP contribution in [0.4, 0.5) is 0 Å². The summed E-state index contributed by atoms with van der Waals surface area (Å²) in [6, 6.07) is 13.4. The fraction of sp³-hybridized carbons (Fsp3) is 0.235. The molecule has 2 aromatic carbocycles. The zero-order valence-corrected chi connectivity index (χ0v) is 14.1. The van der Waals surface area contributed by atoms with E-state index >= 15 is 0 Å². The van der Waals surface area contributed by atoms with E-state index in [9.17, 15) is 9.90 Å². The highest BCUT2D eigenvalue weighted by Gasteiger charge is 2.20. The van der Waals surface area contributed by atoms with Crippen LogP contribution >= 0.6 is 22.6 Å². The first-order valence-electron chi connectivity index (χ1n) is 6.67. The van der Waals surface area contributed by atoms with E-state index in [2.05, 4.69) is 22.6 Å². The van der Waals surface area contributed by atoms with Crippen molar-refractivity contribution < 1.29 is 14.6 Å². The van der Waals surface area contributed by atoms with Gasteiger partial charge in [0.1, 0.15) is 5.75 Å². The lowest BCUT2D eigenvalue weighted by atomic mass is 10.1. The molecule has 3 nitrogen and oxygen atoms in total. The molecule has 0 aliphatic carbocycles. The number of hydrogen-bond acceptors (Lipinski definition) is 2. The summed E-state index contributed by atoms with van der Waals surface area (Å²) in [6.07, 6.45) is -0.536. The molecule has 110 valence electrons. The van der Waals surface area contributed by atoms with Crippen molar-refractivity contribution >= 4 is 28.6 Å². The minimum Gasteiger partial charge on any atom is -0.478 e. The second-order valence-corrected chi connectivity index (χ2v) is 6.27. The average molecular weight is 396 g/mol. The van der Waals surface area contributed by atoms with E-state index in [-0.39, 0.29) is 0 Å². The number of carboxylic acid groups (broad SMARTS) is 1. The number of hydrogen-bond donors (Lipinski definition) is 1. The molecule has 21 heavy (non-hydrogen) atoms. The molecule has 0 amide bonds. The number of aliphatic carboxylic acids is 1. The van der Waals surface area contributed by atoms with Gasteiger partial charge in [-0.1, -0.05) is 18.2 Å². The number of carbonyl (C=O) groups is 1. The lowest BCUT2D eigenvalue weighted by Crippen LogP contribution is -2.29. The lowest BCUT2D eigenvalue weighted by Gasteiger charge is -2.16. The summed E-state index contributed by atoms with van der Waals surface area (Å²) >= 11 is 2.22. The van der Waals surface area contributed by atoms with E-state index < -0.39 is 12.1 Å². The monoisotopic (exact) mass is 396 g/mol. The molecule has 2 aromatic rings. The van der Waals surface area contributed by atoms with E-state index in [0.717, 1.165) is 20.3 Å². The zero-order valence-electron chi connectivity index (χ0n) is 12.0. The van der Waals surface area contributed by atoms with Gasteiger partial charge >= 0.3 is 5.97 Å². The first-order chi connectivity index (χ1) is 9.95. The maximum absolute atomic E-state index is 11.4. The van der Waals surface area contributed by atoms with E-state index in [1.807, 2.05) is 56.3 Å². The third-order valence-corrected chi connectivity index (χ3v) is 4.09. The van der Waals surface area contributed by atoms with Gasteiger partial charge in [0.25, 0.3) is 0 Å².